The van der Waals surface area contributed by atoms with Gasteiger partial charge in [-0.05, 0) is 57.0 Å². The highest BCUT2D eigenvalue weighted by Crippen LogP contribution is 2.33. The van der Waals surface area contributed by atoms with Crippen molar-refractivity contribution in [1.82, 2.24) is 0 Å². The van der Waals surface area contributed by atoms with E-state index in [0.29, 0.717) is 11.4 Å². The molecule has 3 aromatic rings. The fourth-order valence-electron chi connectivity index (χ4n) is 2.62. The molecular weight excluding hydrogens is 408 g/mol. The highest BCUT2D eigenvalue weighted by molar-refractivity contribution is 9.10. The van der Waals surface area contributed by atoms with Crippen molar-refractivity contribution in [3.05, 3.63) is 65.1 Å². The molecule has 0 bridgehead atoms. The number of fused-ring (bicyclic) bond motifs is 1. The van der Waals surface area contributed by atoms with Crippen molar-refractivity contribution >= 4 is 49.9 Å². The Balaban J connectivity index is 1.62. The molecule has 0 fully saturated rings. The number of hydrogen-bond acceptors (Lipinski definition) is 3. The molecule has 0 heterocycles. The van der Waals surface area contributed by atoms with Gasteiger partial charge in [-0.2, -0.15) is 0 Å². The second kappa shape index (κ2) is 8.22. The first-order chi connectivity index (χ1) is 13.0. The van der Waals surface area contributed by atoms with Crippen molar-refractivity contribution in [1.29, 1.82) is 0 Å². The standard InChI is InChI=1S/C21H19BrN2O3/c1-14(25)24(2)17-10-8-16(9-11-17)23-20(26)13-27-19-12-7-15-5-3-4-6-18(15)21(19)22/h3-12H,13H2,1-2H3,(H,23,26). The SMILES string of the molecule is CC(=O)N(C)c1ccc(NC(=O)COc2ccc3ccccc3c2Br)cc1. The van der Waals surface area contributed by atoms with Gasteiger partial charge in [0.1, 0.15) is 5.75 Å². The van der Waals surface area contributed by atoms with Crippen LogP contribution < -0.4 is 15.0 Å². The first-order valence-electron chi connectivity index (χ1n) is 8.40. The Bertz CT molecular complexity index is 986. The molecule has 0 aromatic heterocycles. The topological polar surface area (TPSA) is 58.6 Å². The molecule has 0 aliphatic heterocycles. The number of ether oxygens (including phenoxy) is 1. The average Bonchev–Trinajstić information content (AvgIpc) is 2.67. The molecule has 2 amide bonds. The molecule has 3 rings (SSSR count). The van der Waals surface area contributed by atoms with Gasteiger partial charge in [-0.1, -0.05) is 30.3 Å². The second-order valence-electron chi connectivity index (χ2n) is 6.06. The minimum Gasteiger partial charge on any atom is -0.483 e. The number of nitrogens with zero attached hydrogens (tertiary/aromatic N) is 1. The summed E-state index contributed by atoms with van der Waals surface area (Å²) in [6, 6.07) is 18.8. The molecular formula is C21H19BrN2O3. The molecule has 0 aliphatic rings. The van der Waals surface area contributed by atoms with Crippen molar-refractivity contribution in [2.24, 2.45) is 0 Å². The van der Waals surface area contributed by atoms with Gasteiger partial charge in [0.05, 0.1) is 4.47 Å². The number of amides is 2. The highest BCUT2D eigenvalue weighted by atomic mass is 79.9. The number of nitrogens with one attached hydrogen (secondary N) is 1. The van der Waals surface area contributed by atoms with Crippen LogP contribution in [0.5, 0.6) is 5.75 Å². The molecule has 0 radical (unpaired) electrons. The number of anilines is 2. The lowest BCUT2D eigenvalue weighted by Gasteiger charge is -2.15. The summed E-state index contributed by atoms with van der Waals surface area (Å²) >= 11 is 3.54. The molecule has 0 spiro atoms. The molecule has 0 saturated heterocycles. The first kappa shape index (κ1) is 18.9. The molecule has 5 nitrogen and oxygen atoms in total. The second-order valence-corrected chi connectivity index (χ2v) is 6.85. The van der Waals surface area contributed by atoms with Crippen LogP contribution in [0.15, 0.2) is 65.1 Å². The fourth-order valence-corrected chi connectivity index (χ4v) is 3.22. The lowest BCUT2D eigenvalue weighted by Crippen LogP contribution is -2.23. The molecule has 6 heteroatoms. The van der Waals surface area contributed by atoms with Gasteiger partial charge in [0.15, 0.2) is 6.61 Å². The number of carbonyl (C=O) groups is 2. The highest BCUT2D eigenvalue weighted by Gasteiger charge is 2.10. The number of benzene rings is 3. The van der Waals surface area contributed by atoms with Gasteiger partial charge in [-0.25, -0.2) is 0 Å². The summed E-state index contributed by atoms with van der Waals surface area (Å²) < 4.78 is 6.48. The van der Waals surface area contributed by atoms with Crippen LogP contribution in [0.3, 0.4) is 0 Å². The van der Waals surface area contributed by atoms with Gasteiger partial charge in [-0.3, -0.25) is 9.59 Å². The van der Waals surface area contributed by atoms with Gasteiger partial charge in [0.2, 0.25) is 5.91 Å². The zero-order valence-corrected chi connectivity index (χ0v) is 16.6. The number of carbonyl (C=O) groups excluding carboxylic acids is 2. The maximum atomic E-state index is 12.2. The van der Waals surface area contributed by atoms with Crippen molar-refractivity contribution in [3.63, 3.8) is 0 Å². The smallest absolute Gasteiger partial charge is 0.262 e. The largest absolute Gasteiger partial charge is 0.483 e. The van der Waals surface area contributed by atoms with E-state index in [1.807, 2.05) is 36.4 Å². The molecule has 0 unspecified atom stereocenters. The molecule has 0 atom stereocenters. The van der Waals surface area contributed by atoms with Crippen LogP contribution in [0.25, 0.3) is 10.8 Å². The summed E-state index contributed by atoms with van der Waals surface area (Å²) in [5.74, 6) is 0.297. The Labute approximate surface area is 166 Å². The summed E-state index contributed by atoms with van der Waals surface area (Å²) in [6.07, 6.45) is 0. The maximum Gasteiger partial charge on any atom is 0.262 e. The van der Waals surface area contributed by atoms with Crippen molar-refractivity contribution in [3.8, 4) is 5.75 Å². The monoisotopic (exact) mass is 426 g/mol. The van der Waals surface area contributed by atoms with E-state index in [9.17, 15) is 9.59 Å². The zero-order chi connectivity index (χ0) is 19.4. The summed E-state index contributed by atoms with van der Waals surface area (Å²) in [7, 11) is 1.70. The minimum absolute atomic E-state index is 0.0545. The molecule has 0 saturated carbocycles. The third-order valence-electron chi connectivity index (χ3n) is 4.20. The van der Waals surface area contributed by atoms with Crippen LogP contribution >= 0.6 is 15.9 Å². The minimum atomic E-state index is -0.261. The normalized spacial score (nSPS) is 10.5. The number of hydrogen-bond donors (Lipinski definition) is 1. The zero-order valence-electron chi connectivity index (χ0n) is 15.0. The van der Waals surface area contributed by atoms with Crippen LogP contribution in [0.4, 0.5) is 11.4 Å². The molecule has 138 valence electrons. The molecule has 27 heavy (non-hydrogen) atoms. The predicted molar refractivity (Wildman–Crippen MR) is 111 cm³/mol. The van der Waals surface area contributed by atoms with Crippen molar-refractivity contribution in [2.45, 2.75) is 6.92 Å². The number of rotatable bonds is 5. The van der Waals surface area contributed by atoms with Gasteiger partial charge in [0, 0.05) is 25.3 Å². The van der Waals surface area contributed by atoms with Crippen LogP contribution in [0.2, 0.25) is 0 Å². The van der Waals surface area contributed by atoms with E-state index in [1.54, 1.807) is 31.3 Å². The third-order valence-corrected chi connectivity index (χ3v) is 5.02. The van der Waals surface area contributed by atoms with Crippen molar-refractivity contribution in [2.75, 3.05) is 23.9 Å². The predicted octanol–water partition coefficient (Wildman–Crippen LogP) is 4.60. The van der Waals surface area contributed by atoms with Gasteiger partial charge in [-0.15, -0.1) is 0 Å². The van der Waals surface area contributed by atoms with E-state index >= 15 is 0 Å². The van der Waals surface area contributed by atoms with E-state index in [-0.39, 0.29) is 18.4 Å². The lowest BCUT2D eigenvalue weighted by atomic mass is 10.1. The third kappa shape index (κ3) is 4.46. The quantitative estimate of drug-likeness (QED) is 0.648. The first-order valence-corrected chi connectivity index (χ1v) is 9.19. The van der Waals surface area contributed by atoms with E-state index in [0.717, 1.165) is 20.9 Å². The summed E-state index contributed by atoms with van der Waals surface area (Å²) in [4.78, 5) is 25.1. The van der Waals surface area contributed by atoms with Gasteiger partial charge in [0.25, 0.3) is 5.91 Å². The number of halogens is 1. The summed E-state index contributed by atoms with van der Waals surface area (Å²) in [6.45, 7) is 1.39. The van der Waals surface area contributed by atoms with Crippen molar-refractivity contribution < 1.29 is 14.3 Å². The Hall–Kier alpha value is -2.86. The van der Waals surface area contributed by atoms with E-state index in [1.165, 1.54) is 11.8 Å². The fraction of sp³-hybridized carbons (Fsp3) is 0.143. The molecule has 0 aliphatic carbocycles. The van der Waals surface area contributed by atoms with Crippen LogP contribution in [0.1, 0.15) is 6.92 Å². The summed E-state index contributed by atoms with van der Waals surface area (Å²) in [5.41, 5.74) is 1.40. The van der Waals surface area contributed by atoms with E-state index in [4.69, 9.17) is 4.74 Å². The van der Waals surface area contributed by atoms with E-state index < -0.39 is 0 Å². The molecule has 1 N–H and O–H groups in total. The summed E-state index contributed by atoms with van der Waals surface area (Å²) in [5, 5.41) is 4.90. The molecule has 3 aromatic carbocycles. The van der Waals surface area contributed by atoms with Crippen LogP contribution in [-0.2, 0) is 9.59 Å². The lowest BCUT2D eigenvalue weighted by molar-refractivity contribution is -0.118. The van der Waals surface area contributed by atoms with Gasteiger partial charge >= 0.3 is 0 Å². The Morgan fingerprint density at radius 2 is 1.74 bits per heavy atom. The van der Waals surface area contributed by atoms with Crippen LogP contribution in [-0.4, -0.2) is 25.5 Å². The maximum absolute atomic E-state index is 12.2. The van der Waals surface area contributed by atoms with E-state index in [2.05, 4.69) is 21.2 Å². The average molecular weight is 427 g/mol. The van der Waals surface area contributed by atoms with Crippen LogP contribution in [0, 0.1) is 0 Å². The van der Waals surface area contributed by atoms with Gasteiger partial charge < -0.3 is 15.0 Å². The Morgan fingerprint density at radius 1 is 1.04 bits per heavy atom. The Morgan fingerprint density at radius 3 is 2.44 bits per heavy atom. The Kier molecular flexibility index (Phi) is 5.76.